The van der Waals surface area contributed by atoms with Crippen LogP contribution in [0.5, 0.6) is 0 Å². The Morgan fingerprint density at radius 2 is 2.25 bits per heavy atom. The van der Waals surface area contributed by atoms with Gasteiger partial charge in [-0.1, -0.05) is 6.08 Å². The summed E-state index contributed by atoms with van der Waals surface area (Å²) in [5, 5.41) is 8.70. The van der Waals surface area contributed by atoms with E-state index in [1.165, 1.54) is 0 Å². The predicted molar refractivity (Wildman–Crippen MR) is 52.5 cm³/mol. The van der Waals surface area contributed by atoms with E-state index >= 15 is 0 Å². The number of hydrogen-bond acceptors (Lipinski definition) is 2. The molecule has 3 nitrogen and oxygen atoms in total. The van der Waals surface area contributed by atoms with Crippen molar-refractivity contribution < 1.29 is 5.11 Å². The number of likely N-dealkylation sites (N-methyl/N-ethyl adjacent to an activating group) is 1. The van der Waals surface area contributed by atoms with Crippen molar-refractivity contribution in [2.45, 2.75) is 13.8 Å². The summed E-state index contributed by atoms with van der Waals surface area (Å²) in [6.45, 7) is 5.52. The molecule has 0 aromatic carbocycles. The molecule has 0 aromatic heterocycles. The van der Waals surface area contributed by atoms with Crippen molar-refractivity contribution in [3.05, 3.63) is 12.2 Å². The standard InChI is InChI=1S/C9H18N2O/c1-4-6-9(10-5-2)11(3)7-8-12/h4,6,12H,5,7-8H2,1-3H3/b6-4-,10-9+. The number of nitrogens with zero attached hydrogens (tertiary/aromatic N) is 2. The van der Waals surface area contributed by atoms with Crippen LogP contribution in [0.1, 0.15) is 13.8 Å². The maximum Gasteiger partial charge on any atom is 0.122 e. The van der Waals surface area contributed by atoms with E-state index in [2.05, 4.69) is 4.99 Å². The van der Waals surface area contributed by atoms with Crippen molar-refractivity contribution in [3.8, 4) is 0 Å². The molecule has 0 rings (SSSR count). The Morgan fingerprint density at radius 3 is 2.67 bits per heavy atom. The molecule has 0 atom stereocenters. The van der Waals surface area contributed by atoms with E-state index < -0.39 is 0 Å². The van der Waals surface area contributed by atoms with Gasteiger partial charge in [-0.05, 0) is 19.9 Å². The van der Waals surface area contributed by atoms with E-state index in [0.717, 1.165) is 12.4 Å². The zero-order valence-electron chi connectivity index (χ0n) is 8.12. The van der Waals surface area contributed by atoms with Gasteiger partial charge in [-0.25, -0.2) is 0 Å². The van der Waals surface area contributed by atoms with Crippen molar-refractivity contribution >= 4 is 5.84 Å². The molecule has 0 heterocycles. The van der Waals surface area contributed by atoms with Gasteiger partial charge in [0, 0.05) is 20.1 Å². The summed E-state index contributed by atoms with van der Waals surface area (Å²) in [6.07, 6.45) is 3.89. The molecule has 0 aliphatic carbocycles. The van der Waals surface area contributed by atoms with Crippen LogP contribution < -0.4 is 0 Å². The summed E-state index contributed by atoms with van der Waals surface area (Å²) in [7, 11) is 1.92. The molecule has 0 aliphatic heterocycles. The Kier molecular flexibility index (Phi) is 6.38. The molecule has 0 bridgehead atoms. The first-order chi connectivity index (χ1) is 5.76. The molecule has 0 unspecified atom stereocenters. The largest absolute Gasteiger partial charge is 0.395 e. The average molecular weight is 170 g/mol. The van der Waals surface area contributed by atoms with Crippen LogP contribution in [-0.2, 0) is 0 Å². The lowest BCUT2D eigenvalue weighted by Crippen LogP contribution is -2.28. The highest BCUT2D eigenvalue weighted by Gasteiger charge is 1.99. The summed E-state index contributed by atoms with van der Waals surface area (Å²) in [6, 6.07) is 0. The highest BCUT2D eigenvalue weighted by atomic mass is 16.3. The first kappa shape index (κ1) is 11.2. The molecule has 70 valence electrons. The van der Waals surface area contributed by atoms with Crippen molar-refractivity contribution in [1.82, 2.24) is 4.90 Å². The van der Waals surface area contributed by atoms with Crippen LogP contribution in [0.3, 0.4) is 0 Å². The van der Waals surface area contributed by atoms with Crippen molar-refractivity contribution in [2.24, 2.45) is 4.99 Å². The number of aliphatic hydroxyl groups is 1. The fourth-order valence-electron chi connectivity index (χ4n) is 0.876. The lowest BCUT2D eigenvalue weighted by Gasteiger charge is -2.17. The highest BCUT2D eigenvalue weighted by Crippen LogP contribution is 1.90. The van der Waals surface area contributed by atoms with E-state index in [0.29, 0.717) is 6.54 Å². The SMILES string of the molecule is C/C=C\C(=N/CC)N(C)CCO. The molecule has 0 aliphatic rings. The maximum atomic E-state index is 8.70. The second-order valence-corrected chi connectivity index (χ2v) is 2.48. The number of aliphatic hydroxyl groups excluding tert-OH is 1. The minimum absolute atomic E-state index is 0.163. The van der Waals surface area contributed by atoms with E-state index in [1.54, 1.807) is 0 Å². The van der Waals surface area contributed by atoms with E-state index in [4.69, 9.17) is 5.11 Å². The third-order valence-electron chi connectivity index (χ3n) is 1.46. The van der Waals surface area contributed by atoms with Crippen LogP contribution in [0.4, 0.5) is 0 Å². The van der Waals surface area contributed by atoms with Gasteiger partial charge in [0.1, 0.15) is 5.84 Å². The van der Waals surface area contributed by atoms with Gasteiger partial charge >= 0.3 is 0 Å². The predicted octanol–water partition coefficient (Wildman–Crippen LogP) is 0.905. The molecule has 0 amide bonds. The van der Waals surface area contributed by atoms with Gasteiger partial charge in [-0.3, -0.25) is 4.99 Å². The summed E-state index contributed by atoms with van der Waals surface area (Å²) in [5.74, 6) is 0.925. The third kappa shape index (κ3) is 4.13. The molecule has 12 heavy (non-hydrogen) atoms. The molecule has 0 saturated carbocycles. The number of allylic oxidation sites excluding steroid dienone is 1. The number of amidine groups is 1. The molecular formula is C9H18N2O. The van der Waals surface area contributed by atoms with Crippen LogP contribution in [0.2, 0.25) is 0 Å². The Balaban J connectivity index is 4.19. The lowest BCUT2D eigenvalue weighted by atomic mass is 10.4. The Bertz CT molecular complexity index is 164. The fourth-order valence-corrected chi connectivity index (χ4v) is 0.876. The topological polar surface area (TPSA) is 35.8 Å². The van der Waals surface area contributed by atoms with E-state index in [-0.39, 0.29) is 6.61 Å². The minimum atomic E-state index is 0.163. The average Bonchev–Trinajstić information content (AvgIpc) is 2.04. The number of aliphatic imine (C=N–C) groups is 1. The molecular weight excluding hydrogens is 152 g/mol. The summed E-state index contributed by atoms with van der Waals surface area (Å²) < 4.78 is 0. The molecule has 0 spiro atoms. The highest BCUT2D eigenvalue weighted by molar-refractivity contribution is 5.92. The second-order valence-electron chi connectivity index (χ2n) is 2.48. The molecule has 0 saturated heterocycles. The first-order valence-corrected chi connectivity index (χ1v) is 4.25. The third-order valence-corrected chi connectivity index (χ3v) is 1.46. The van der Waals surface area contributed by atoms with Gasteiger partial charge < -0.3 is 10.0 Å². The normalized spacial score (nSPS) is 12.5. The lowest BCUT2D eigenvalue weighted by molar-refractivity contribution is 0.264. The monoisotopic (exact) mass is 170 g/mol. The molecule has 0 aromatic rings. The van der Waals surface area contributed by atoms with Crippen LogP contribution in [0.15, 0.2) is 17.1 Å². The zero-order valence-corrected chi connectivity index (χ0v) is 8.12. The van der Waals surface area contributed by atoms with Crippen molar-refractivity contribution in [1.29, 1.82) is 0 Å². The smallest absolute Gasteiger partial charge is 0.122 e. The maximum absolute atomic E-state index is 8.70. The van der Waals surface area contributed by atoms with Crippen molar-refractivity contribution in [3.63, 3.8) is 0 Å². The molecule has 0 fully saturated rings. The minimum Gasteiger partial charge on any atom is -0.395 e. The van der Waals surface area contributed by atoms with E-state index in [1.807, 2.05) is 37.9 Å². The number of rotatable bonds is 4. The van der Waals surface area contributed by atoms with Gasteiger partial charge in [-0.2, -0.15) is 0 Å². The van der Waals surface area contributed by atoms with Crippen LogP contribution in [0.25, 0.3) is 0 Å². The Hall–Kier alpha value is -0.830. The Morgan fingerprint density at radius 1 is 1.58 bits per heavy atom. The zero-order chi connectivity index (χ0) is 9.40. The van der Waals surface area contributed by atoms with Gasteiger partial charge in [0.2, 0.25) is 0 Å². The van der Waals surface area contributed by atoms with Crippen LogP contribution >= 0.6 is 0 Å². The summed E-state index contributed by atoms with van der Waals surface area (Å²) >= 11 is 0. The van der Waals surface area contributed by atoms with E-state index in [9.17, 15) is 0 Å². The number of hydrogen-bond donors (Lipinski definition) is 1. The van der Waals surface area contributed by atoms with Crippen LogP contribution in [0, 0.1) is 0 Å². The van der Waals surface area contributed by atoms with Gasteiger partial charge in [0.25, 0.3) is 0 Å². The summed E-state index contributed by atoms with van der Waals surface area (Å²) in [5.41, 5.74) is 0. The second kappa shape index (κ2) is 6.85. The fraction of sp³-hybridized carbons (Fsp3) is 0.667. The molecule has 1 N–H and O–H groups in total. The quantitative estimate of drug-likeness (QED) is 0.503. The molecule has 3 heteroatoms. The van der Waals surface area contributed by atoms with Gasteiger partial charge in [0.15, 0.2) is 0 Å². The first-order valence-electron chi connectivity index (χ1n) is 4.25. The van der Waals surface area contributed by atoms with Crippen molar-refractivity contribution in [2.75, 3.05) is 26.7 Å². The molecule has 0 radical (unpaired) electrons. The Labute approximate surface area is 74.4 Å². The van der Waals surface area contributed by atoms with Gasteiger partial charge in [0.05, 0.1) is 6.61 Å². The van der Waals surface area contributed by atoms with Crippen LogP contribution in [-0.4, -0.2) is 42.6 Å². The van der Waals surface area contributed by atoms with Gasteiger partial charge in [-0.15, -0.1) is 0 Å². The summed E-state index contributed by atoms with van der Waals surface area (Å²) in [4.78, 5) is 6.21.